The summed E-state index contributed by atoms with van der Waals surface area (Å²) in [5, 5.41) is 3.42. The van der Waals surface area contributed by atoms with Crippen LogP contribution in [0.1, 0.15) is 24.8 Å². The second kappa shape index (κ2) is 4.01. The summed E-state index contributed by atoms with van der Waals surface area (Å²) in [6.07, 6.45) is 1.23. The van der Waals surface area contributed by atoms with E-state index < -0.39 is 0 Å². The van der Waals surface area contributed by atoms with Crippen LogP contribution in [-0.2, 0) is 0 Å². The van der Waals surface area contributed by atoms with Crippen LogP contribution in [0, 0.1) is 5.92 Å². The lowest BCUT2D eigenvalue weighted by molar-refractivity contribution is 0.349. The van der Waals surface area contributed by atoms with Crippen molar-refractivity contribution >= 4 is 5.69 Å². The quantitative estimate of drug-likeness (QED) is 0.665. The van der Waals surface area contributed by atoms with Crippen molar-refractivity contribution in [3.8, 4) is 0 Å². The van der Waals surface area contributed by atoms with E-state index in [1.807, 2.05) is 6.07 Å². The van der Waals surface area contributed by atoms with Crippen LogP contribution in [0.5, 0.6) is 0 Å². The van der Waals surface area contributed by atoms with E-state index in [1.54, 1.807) is 0 Å². The smallest absolute Gasteiger partial charge is 0.0316 e. The molecule has 0 spiro atoms. The molecular formula is C12H18N2. The topological polar surface area (TPSA) is 38.0 Å². The van der Waals surface area contributed by atoms with Crippen molar-refractivity contribution in [2.24, 2.45) is 5.92 Å². The van der Waals surface area contributed by atoms with Gasteiger partial charge >= 0.3 is 0 Å². The molecule has 0 bridgehead atoms. The van der Waals surface area contributed by atoms with E-state index in [1.165, 1.54) is 12.0 Å². The molecule has 2 atom stereocenters. The minimum Gasteiger partial charge on any atom is -0.399 e. The van der Waals surface area contributed by atoms with Crippen molar-refractivity contribution in [3.05, 3.63) is 29.8 Å². The Kier molecular flexibility index (Phi) is 2.73. The van der Waals surface area contributed by atoms with E-state index in [4.69, 9.17) is 5.73 Å². The van der Waals surface area contributed by atoms with Crippen LogP contribution in [0.2, 0.25) is 0 Å². The van der Waals surface area contributed by atoms with Gasteiger partial charge in [0, 0.05) is 5.69 Å². The van der Waals surface area contributed by atoms with Gasteiger partial charge in [-0.05, 0) is 49.0 Å². The molecule has 76 valence electrons. The van der Waals surface area contributed by atoms with Gasteiger partial charge in [0.1, 0.15) is 0 Å². The van der Waals surface area contributed by atoms with Gasteiger partial charge in [-0.3, -0.25) is 0 Å². The summed E-state index contributed by atoms with van der Waals surface area (Å²) in [5.41, 5.74) is 8.08. The Labute approximate surface area is 85.5 Å². The molecule has 1 fully saturated rings. The van der Waals surface area contributed by atoms with Crippen LogP contribution in [0.3, 0.4) is 0 Å². The highest BCUT2D eigenvalue weighted by Gasteiger charge is 2.22. The molecule has 0 aromatic heterocycles. The Morgan fingerprint density at radius 3 is 3.00 bits per heavy atom. The molecule has 1 aliphatic heterocycles. The lowest BCUT2D eigenvalue weighted by Crippen LogP contribution is -2.33. The van der Waals surface area contributed by atoms with Crippen molar-refractivity contribution in [2.75, 3.05) is 18.8 Å². The van der Waals surface area contributed by atoms with E-state index in [-0.39, 0.29) is 0 Å². The molecule has 0 amide bonds. The predicted octanol–water partition coefficient (Wildman–Crippen LogP) is 1.98. The maximum atomic E-state index is 5.80. The van der Waals surface area contributed by atoms with Crippen molar-refractivity contribution in [1.29, 1.82) is 0 Å². The standard InChI is InChI=1S/C12H18N2/c1-9-8-14-6-5-12(9)10-3-2-4-11(13)7-10/h2-4,7,9,12,14H,5-6,8,13H2,1H3. The highest BCUT2D eigenvalue weighted by atomic mass is 14.9. The summed E-state index contributed by atoms with van der Waals surface area (Å²) in [6, 6.07) is 8.32. The van der Waals surface area contributed by atoms with Gasteiger partial charge in [0.15, 0.2) is 0 Å². The SMILES string of the molecule is CC1CNCCC1c1cccc(N)c1. The summed E-state index contributed by atoms with van der Waals surface area (Å²) in [4.78, 5) is 0. The van der Waals surface area contributed by atoms with E-state index in [0.29, 0.717) is 11.8 Å². The number of hydrogen-bond acceptors (Lipinski definition) is 2. The Bertz CT molecular complexity index is 309. The number of rotatable bonds is 1. The minimum atomic E-state index is 0.680. The third kappa shape index (κ3) is 1.90. The largest absolute Gasteiger partial charge is 0.399 e. The molecule has 14 heavy (non-hydrogen) atoms. The first-order chi connectivity index (χ1) is 6.77. The van der Waals surface area contributed by atoms with Crippen LogP contribution in [0.25, 0.3) is 0 Å². The van der Waals surface area contributed by atoms with Gasteiger partial charge in [0.05, 0.1) is 0 Å². The van der Waals surface area contributed by atoms with E-state index in [2.05, 4.69) is 30.4 Å². The fourth-order valence-corrected chi connectivity index (χ4v) is 2.30. The number of nitrogen functional groups attached to an aromatic ring is 1. The van der Waals surface area contributed by atoms with Crippen molar-refractivity contribution in [2.45, 2.75) is 19.3 Å². The summed E-state index contributed by atoms with van der Waals surface area (Å²) >= 11 is 0. The molecule has 2 nitrogen and oxygen atoms in total. The molecule has 0 radical (unpaired) electrons. The normalized spacial score (nSPS) is 27.5. The van der Waals surface area contributed by atoms with E-state index >= 15 is 0 Å². The van der Waals surface area contributed by atoms with Gasteiger partial charge in [0.2, 0.25) is 0 Å². The maximum absolute atomic E-state index is 5.80. The number of benzene rings is 1. The minimum absolute atomic E-state index is 0.680. The zero-order valence-corrected chi connectivity index (χ0v) is 8.66. The highest BCUT2D eigenvalue weighted by molar-refractivity contribution is 5.42. The van der Waals surface area contributed by atoms with Crippen molar-refractivity contribution < 1.29 is 0 Å². The average Bonchev–Trinajstić information content (AvgIpc) is 2.18. The molecule has 1 heterocycles. The number of hydrogen-bond donors (Lipinski definition) is 2. The molecule has 2 heteroatoms. The van der Waals surface area contributed by atoms with Gasteiger partial charge < -0.3 is 11.1 Å². The van der Waals surface area contributed by atoms with Crippen LogP contribution in [0.15, 0.2) is 24.3 Å². The van der Waals surface area contributed by atoms with Crippen LogP contribution >= 0.6 is 0 Å². The first-order valence-corrected chi connectivity index (χ1v) is 5.33. The zero-order valence-electron chi connectivity index (χ0n) is 8.66. The van der Waals surface area contributed by atoms with Crippen molar-refractivity contribution in [3.63, 3.8) is 0 Å². The summed E-state index contributed by atoms with van der Waals surface area (Å²) < 4.78 is 0. The lowest BCUT2D eigenvalue weighted by atomic mass is 9.82. The summed E-state index contributed by atoms with van der Waals surface area (Å²) in [5.74, 6) is 1.39. The molecular weight excluding hydrogens is 172 g/mol. The molecule has 3 N–H and O–H groups in total. The third-order valence-corrected chi connectivity index (χ3v) is 3.12. The van der Waals surface area contributed by atoms with Gasteiger partial charge in [0.25, 0.3) is 0 Å². The first-order valence-electron chi connectivity index (χ1n) is 5.33. The van der Waals surface area contributed by atoms with E-state index in [0.717, 1.165) is 18.8 Å². The van der Waals surface area contributed by atoms with Crippen LogP contribution < -0.4 is 11.1 Å². The number of anilines is 1. The van der Waals surface area contributed by atoms with Gasteiger partial charge in [-0.1, -0.05) is 19.1 Å². The average molecular weight is 190 g/mol. The van der Waals surface area contributed by atoms with Crippen molar-refractivity contribution in [1.82, 2.24) is 5.32 Å². The predicted molar refractivity (Wildman–Crippen MR) is 60.2 cm³/mol. The molecule has 0 aliphatic carbocycles. The van der Waals surface area contributed by atoms with Crippen LogP contribution in [-0.4, -0.2) is 13.1 Å². The molecule has 1 saturated heterocycles. The Balaban J connectivity index is 2.20. The fraction of sp³-hybridized carbons (Fsp3) is 0.500. The third-order valence-electron chi connectivity index (χ3n) is 3.12. The highest BCUT2D eigenvalue weighted by Crippen LogP contribution is 2.30. The Morgan fingerprint density at radius 2 is 2.29 bits per heavy atom. The van der Waals surface area contributed by atoms with Gasteiger partial charge in [-0.25, -0.2) is 0 Å². The molecule has 0 saturated carbocycles. The molecule has 2 unspecified atom stereocenters. The summed E-state index contributed by atoms with van der Waals surface area (Å²) in [7, 11) is 0. The summed E-state index contributed by atoms with van der Waals surface area (Å²) in [6.45, 7) is 4.56. The lowest BCUT2D eigenvalue weighted by Gasteiger charge is -2.30. The monoisotopic (exact) mass is 190 g/mol. The second-order valence-corrected chi connectivity index (χ2v) is 4.25. The van der Waals surface area contributed by atoms with Crippen LogP contribution in [0.4, 0.5) is 5.69 Å². The second-order valence-electron chi connectivity index (χ2n) is 4.25. The fourth-order valence-electron chi connectivity index (χ4n) is 2.30. The van der Waals surface area contributed by atoms with Gasteiger partial charge in [-0.15, -0.1) is 0 Å². The molecule has 1 aliphatic rings. The number of piperidine rings is 1. The maximum Gasteiger partial charge on any atom is 0.0316 e. The zero-order chi connectivity index (χ0) is 9.97. The number of nitrogens with two attached hydrogens (primary N) is 1. The first kappa shape index (κ1) is 9.53. The van der Waals surface area contributed by atoms with Gasteiger partial charge in [-0.2, -0.15) is 0 Å². The molecule has 1 aromatic rings. The van der Waals surface area contributed by atoms with E-state index in [9.17, 15) is 0 Å². The Morgan fingerprint density at radius 1 is 1.43 bits per heavy atom. The number of nitrogens with one attached hydrogen (secondary N) is 1. The Hall–Kier alpha value is -1.02. The molecule has 1 aromatic carbocycles. The molecule has 2 rings (SSSR count).